The Kier molecular flexibility index (Phi) is 4.86. The maximum atomic E-state index is 5.30. The number of aromatic nitrogens is 1. The molecule has 0 fully saturated rings. The molecule has 1 aromatic heterocycles. The minimum absolute atomic E-state index is 0.412. The number of hydrogen-bond acceptors (Lipinski definition) is 2. The SMILES string of the molecule is C#CCC(CC)NCc1cccnc1C. The molecule has 15 heavy (non-hydrogen) atoms. The van der Waals surface area contributed by atoms with E-state index in [0.29, 0.717) is 6.04 Å². The van der Waals surface area contributed by atoms with Crippen molar-refractivity contribution in [2.45, 2.75) is 39.3 Å². The molecule has 0 saturated heterocycles. The second-order valence-corrected chi connectivity index (χ2v) is 3.64. The molecule has 0 bridgehead atoms. The van der Waals surface area contributed by atoms with E-state index >= 15 is 0 Å². The van der Waals surface area contributed by atoms with Gasteiger partial charge in [0.1, 0.15) is 0 Å². The van der Waals surface area contributed by atoms with Crippen LogP contribution in [0.25, 0.3) is 0 Å². The predicted octanol–water partition coefficient (Wildman–Crippen LogP) is 2.28. The number of hydrogen-bond donors (Lipinski definition) is 1. The molecular formula is C13H18N2. The number of rotatable bonds is 5. The van der Waals surface area contributed by atoms with E-state index in [1.807, 2.05) is 19.2 Å². The van der Waals surface area contributed by atoms with Crippen LogP contribution in [0.3, 0.4) is 0 Å². The zero-order valence-electron chi connectivity index (χ0n) is 9.46. The highest BCUT2D eigenvalue weighted by molar-refractivity contribution is 5.18. The van der Waals surface area contributed by atoms with Gasteiger partial charge in [-0.15, -0.1) is 12.3 Å². The molecule has 0 spiro atoms. The Hall–Kier alpha value is -1.33. The Labute approximate surface area is 92.1 Å². The van der Waals surface area contributed by atoms with Gasteiger partial charge in [-0.1, -0.05) is 13.0 Å². The van der Waals surface area contributed by atoms with Crippen LogP contribution in [0.15, 0.2) is 18.3 Å². The smallest absolute Gasteiger partial charge is 0.0417 e. The Morgan fingerprint density at radius 3 is 3.00 bits per heavy atom. The molecule has 1 heterocycles. The minimum Gasteiger partial charge on any atom is -0.309 e. The van der Waals surface area contributed by atoms with E-state index in [0.717, 1.165) is 25.1 Å². The van der Waals surface area contributed by atoms with Crippen LogP contribution >= 0.6 is 0 Å². The lowest BCUT2D eigenvalue weighted by Crippen LogP contribution is -2.27. The molecule has 0 amide bonds. The van der Waals surface area contributed by atoms with Crippen molar-refractivity contribution in [2.24, 2.45) is 0 Å². The van der Waals surface area contributed by atoms with Crippen LogP contribution in [0.2, 0.25) is 0 Å². The third kappa shape index (κ3) is 3.73. The van der Waals surface area contributed by atoms with Crippen LogP contribution < -0.4 is 5.32 Å². The largest absolute Gasteiger partial charge is 0.309 e. The van der Waals surface area contributed by atoms with Gasteiger partial charge < -0.3 is 5.32 Å². The molecular weight excluding hydrogens is 184 g/mol. The molecule has 1 unspecified atom stereocenters. The maximum Gasteiger partial charge on any atom is 0.0417 e. The number of aryl methyl sites for hydroxylation is 1. The summed E-state index contributed by atoms with van der Waals surface area (Å²) >= 11 is 0. The number of terminal acetylenes is 1. The van der Waals surface area contributed by atoms with Gasteiger partial charge in [-0.05, 0) is 25.0 Å². The summed E-state index contributed by atoms with van der Waals surface area (Å²) in [6.07, 6.45) is 8.97. The van der Waals surface area contributed by atoms with Crippen molar-refractivity contribution >= 4 is 0 Å². The Balaban J connectivity index is 2.49. The lowest BCUT2D eigenvalue weighted by atomic mass is 10.1. The van der Waals surface area contributed by atoms with Crippen LogP contribution in [0.4, 0.5) is 0 Å². The van der Waals surface area contributed by atoms with Crippen LogP contribution in [0.5, 0.6) is 0 Å². The van der Waals surface area contributed by atoms with Gasteiger partial charge in [-0.3, -0.25) is 4.98 Å². The molecule has 0 aliphatic heterocycles. The topological polar surface area (TPSA) is 24.9 Å². The summed E-state index contributed by atoms with van der Waals surface area (Å²) in [5, 5.41) is 3.44. The van der Waals surface area contributed by atoms with Crippen molar-refractivity contribution in [2.75, 3.05) is 0 Å². The van der Waals surface area contributed by atoms with E-state index in [-0.39, 0.29) is 0 Å². The van der Waals surface area contributed by atoms with E-state index in [1.165, 1.54) is 5.56 Å². The average Bonchev–Trinajstić information content (AvgIpc) is 2.26. The highest BCUT2D eigenvalue weighted by atomic mass is 14.9. The lowest BCUT2D eigenvalue weighted by molar-refractivity contribution is 0.505. The van der Waals surface area contributed by atoms with E-state index in [4.69, 9.17) is 6.42 Å². The van der Waals surface area contributed by atoms with Crippen molar-refractivity contribution in [1.29, 1.82) is 0 Å². The normalized spacial score (nSPS) is 12.1. The fourth-order valence-electron chi connectivity index (χ4n) is 1.46. The van der Waals surface area contributed by atoms with E-state index in [2.05, 4.69) is 29.2 Å². The lowest BCUT2D eigenvalue weighted by Gasteiger charge is -2.14. The third-order valence-corrected chi connectivity index (χ3v) is 2.55. The summed E-state index contributed by atoms with van der Waals surface area (Å²) < 4.78 is 0. The van der Waals surface area contributed by atoms with Crippen molar-refractivity contribution in [3.8, 4) is 12.3 Å². The van der Waals surface area contributed by atoms with Crippen LogP contribution in [-0.4, -0.2) is 11.0 Å². The van der Waals surface area contributed by atoms with Gasteiger partial charge in [0.15, 0.2) is 0 Å². The van der Waals surface area contributed by atoms with Crippen LogP contribution in [0.1, 0.15) is 31.0 Å². The van der Waals surface area contributed by atoms with E-state index < -0.39 is 0 Å². The van der Waals surface area contributed by atoms with Crippen molar-refractivity contribution in [3.05, 3.63) is 29.6 Å². The van der Waals surface area contributed by atoms with Gasteiger partial charge in [0.2, 0.25) is 0 Å². The first-order valence-electron chi connectivity index (χ1n) is 5.35. The molecule has 0 aliphatic rings. The zero-order valence-corrected chi connectivity index (χ0v) is 9.46. The second-order valence-electron chi connectivity index (χ2n) is 3.64. The Morgan fingerprint density at radius 1 is 1.60 bits per heavy atom. The first-order valence-corrected chi connectivity index (χ1v) is 5.35. The van der Waals surface area contributed by atoms with Crippen LogP contribution in [-0.2, 0) is 6.54 Å². The first kappa shape index (κ1) is 11.7. The molecule has 2 heteroatoms. The first-order chi connectivity index (χ1) is 7.27. The molecule has 2 nitrogen and oxygen atoms in total. The maximum absolute atomic E-state index is 5.30. The molecule has 0 saturated carbocycles. The number of nitrogens with zero attached hydrogens (tertiary/aromatic N) is 1. The molecule has 1 aromatic rings. The summed E-state index contributed by atoms with van der Waals surface area (Å²) in [6.45, 7) is 5.02. The summed E-state index contributed by atoms with van der Waals surface area (Å²) in [7, 11) is 0. The number of nitrogens with one attached hydrogen (secondary N) is 1. The molecule has 1 N–H and O–H groups in total. The molecule has 0 aliphatic carbocycles. The van der Waals surface area contributed by atoms with Crippen molar-refractivity contribution < 1.29 is 0 Å². The van der Waals surface area contributed by atoms with Gasteiger partial charge >= 0.3 is 0 Å². The van der Waals surface area contributed by atoms with Crippen molar-refractivity contribution in [3.63, 3.8) is 0 Å². The monoisotopic (exact) mass is 202 g/mol. The van der Waals surface area contributed by atoms with Gasteiger partial charge in [0.25, 0.3) is 0 Å². The molecule has 80 valence electrons. The van der Waals surface area contributed by atoms with Crippen molar-refractivity contribution in [1.82, 2.24) is 10.3 Å². The van der Waals surface area contributed by atoms with Gasteiger partial charge in [0, 0.05) is 30.9 Å². The van der Waals surface area contributed by atoms with Gasteiger partial charge in [-0.2, -0.15) is 0 Å². The fourth-order valence-corrected chi connectivity index (χ4v) is 1.46. The quantitative estimate of drug-likeness (QED) is 0.741. The fraction of sp³-hybridized carbons (Fsp3) is 0.462. The van der Waals surface area contributed by atoms with Gasteiger partial charge in [0.05, 0.1) is 0 Å². The Bertz CT molecular complexity index is 339. The molecule has 1 rings (SSSR count). The Morgan fingerprint density at radius 2 is 2.40 bits per heavy atom. The third-order valence-electron chi connectivity index (χ3n) is 2.55. The highest BCUT2D eigenvalue weighted by Gasteiger charge is 2.04. The predicted molar refractivity (Wildman–Crippen MR) is 63.3 cm³/mol. The summed E-state index contributed by atoms with van der Waals surface area (Å²) in [5.74, 6) is 2.69. The molecule has 0 aromatic carbocycles. The van der Waals surface area contributed by atoms with Crippen LogP contribution in [0, 0.1) is 19.3 Å². The van der Waals surface area contributed by atoms with E-state index in [9.17, 15) is 0 Å². The average molecular weight is 202 g/mol. The minimum atomic E-state index is 0.412. The number of pyridine rings is 1. The molecule has 1 atom stereocenters. The summed E-state index contributed by atoms with van der Waals surface area (Å²) in [5.41, 5.74) is 2.33. The summed E-state index contributed by atoms with van der Waals surface area (Å²) in [4.78, 5) is 4.25. The van der Waals surface area contributed by atoms with Gasteiger partial charge in [-0.25, -0.2) is 0 Å². The zero-order chi connectivity index (χ0) is 11.1. The molecule has 0 radical (unpaired) electrons. The summed E-state index contributed by atoms with van der Waals surface area (Å²) in [6, 6.07) is 4.47. The standard InChI is InChI=1S/C13H18N2/c1-4-7-13(5-2)15-10-12-8-6-9-14-11(12)3/h1,6,8-9,13,15H,5,7,10H2,2-3H3. The highest BCUT2D eigenvalue weighted by Crippen LogP contribution is 2.05. The second kappa shape index (κ2) is 6.21. The van der Waals surface area contributed by atoms with E-state index in [1.54, 1.807) is 0 Å².